The van der Waals surface area contributed by atoms with E-state index in [0.29, 0.717) is 5.92 Å². The summed E-state index contributed by atoms with van der Waals surface area (Å²) in [6.07, 6.45) is 2.54. The second-order valence-corrected chi connectivity index (χ2v) is 5.29. The van der Waals surface area contributed by atoms with Crippen LogP contribution in [0.1, 0.15) is 31.2 Å². The smallest absolute Gasteiger partial charge is 0.00222 e. The van der Waals surface area contributed by atoms with E-state index in [-0.39, 0.29) is 0 Å². The summed E-state index contributed by atoms with van der Waals surface area (Å²) in [7, 11) is 0. The van der Waals surface area contributed by atoms with Crippen LogP contribution in [0.3, 0.4) is 0 Å². The van der Waals surface area contributed by atoms with E-state index in [1.54, 1.807) is 0 Å². The zero-order chi connectivity index (χ0) is 12.1. The van der Waals surface area contributed by atoms with E-state index < -0.39 is 0 Å². The van der Waals surface area contributed by atoms with Gasteiger partial charge in [-0.1, -0.05) is 37.3 Å². The normalized spacial score (nSPS) is 22.8. The Balaban J connectivity index is 1.75. The van der Waals surface area contributed by atoms with Gasteiger partial charge < -0.3 is 10.6 Å². The fraction of sp³-hybridized carbons (Fsp3) is 0.600. The molecule has 0 saturated carbocycles. The van der Waals surface area contributed by atoms with Crippen LogP contribution in [-0.4, -0.2) is 31.1 Å². The highest BCUT2D eigenvalue weighted by Gasteiger charge is 2.21. The summed E-state index contributed by atoms with van der Waals surface area (Å²) in [5.41, 5.74) is 7.18. The van der Waals surface area contributed by atoms with Crippen molar-refractivity contribution in [2.45, 2.75) is 25.7 Å². The lowest BCUT2D eigenvalue weighted by molar-refractivity contribution is 0.312. The molecule has 1 aliphatic heterocycles. The fourth-order valence-corrected chi connectivity index (χ4v) is 2.63. The van der Waals surface area contributed by atoms with Crippen LogP contribution in [0.5, 0.6) is 0 Å². The fourth-order valence-electron chi connectivity index (χ4n) is 2.63. The molecule has 0 aromatic heterocycles. The van der Waals surface area contributed by atoms with Crippen molar-refractivity contribution < 1.29 is 0 Å². The lowest BCUT2D eigenvalue weighted by Gasteiger charge is -2.19. The zero-order valence-electron chi connectivity index (χ0n) is 10.8. The molecule has 0 radical (unpaired) electrons. The molecule has 1 aromatic rings. The summed E-state index contributed by atoms with van der Waals surface area (Å²) in [4.78, 5) is 2.57. The van der Waals surface area contributed by atoms with Gasteiger partial charge in [0.25, 0.3) is 0 Å². The predicted molar refractivity (Wildman–Crippen MR) is 73.1 cm³/mol. The van der Waals surface area contributed by atoms with E-state index >= 15 is 0 Å². The van der Waals surface area contributed by atoms with E-state index in [2.05, 4.69) is 42.2 Å². The van der Waals surface area contributed by atoms with Gasteiger partial charge in [0, 0.05) is 6.54 Å². The van der Waals surface area contributed by atoms with E-state index in [4.69, 9.17) is 5.73 Å². The van der Waals surface area contributed by atoms with Gasteiger partial charge >= 0.3 is 0 Å². The molecule has 0 aliphatic carbocycles. The Labute approximate surface area is 105 Å². The molecular weight excluding hydrogens is 208 g/mol. The number of nitrogens with zero attached hydrogens (tertiary/aromatic N) is 1. The molecule has 0 amide bonds. The van der Waals surface area contributed by atoms with Gasteiger partial charge in [-0.05, 0) is 49.9 Å². The van der Waals surface area contributed by atoms with Crippen molar-refractivity contribution in [3.63, 3.8) is 0 Å². The minimum absolute atomic E-state index is 0.660. The number of likely N-dealkylation sites (tertiary alicyclic amines) is 1. The molecule has 17 heavy (non-hydrogen) atoms. The van der Waals surface area contributed by atoms with Crippen molar-refractivity contribution in [3.8, 4) is 0 Å². The van der Waals surface area contributed by atoms with Gasteiger partial charge in [0.05, 0.1) is 0 Å². The average Bonchev–Trinajstić information content (AvgIpc) is 2.85. The zero-order valence-corrected chi connectivity index (χ0v) is 10.8. The summed E-state index contributed by atoms with van der Waals surface area (Å²) in [6, 6.07) is 10.8. The molecule has 1 heterocycles. The molecular formula is C15H24N2. The Morgan fingerprint density at radius 2 is 2.12 bits per heavy atom. The van der Waals surface area contributed by atoms with Crippen molar-refractivity contribution in [1.82, 2.24) is 4.90 Å². The number of nitrogens with two attached hydrogens (primary N) is 1. The van der Waals surface area contributed by atoms with Gasteiger partial charge in [-0.15, -0.1) is 0 Å². The second kappa shape index (κ2) is 6.18. The number of rotatable bonds is 5. The Morgan fingerprint density at radius 1 is 1.35 bits per heavy atom. The minimum atomic E-state index is 0.660. The average molecular weight is 232 g/mol. The van der Waals surface area contributed by atoms with Gasteiger partial charge in [0.15, 0.2) is 0 Å². The highest BCUT2D eigenvalue weighted by atomic mass is 15.1. The maximum absolute atomic E-state index is 5.72. The highest BCUT2D eigenvalue weighted by Crippen LogP contribution is 2.21. The molecule has 2 nitrogen and oxygen atoms in total. The maximum Gasteiger partial charge on any atom is 0.00222 e. The van der Waals surface area contributed by atoms with E-state index in [9.17, 15) is 0 Å². The molecule has 1 aromatic carbocycles. The van der Waals surface area contributed by atoms with Crippen LogP contribution >= 0.6 is 0 Å². The summed E-state index contributed by atoms with van der Waals surface area (Å²) < 4.78 is 0. The summed E-state index contributed by atoms with van der Waals surface area (Å²) in [5, 5.41) is 0. The quantitative estimate of drug-likeness (QED) is 0.845. The molecule has 1 fully saturated rings. The molecule has 2 heteroatoms. The van der Waals surface area contributed by atoms with Crippen LogP contribution in [0.25, 0.3) is 0 Å². The summed E-state index contributed by atoms with van der Waals surface area (Å²) >= 11 is 0. The third-order valence-electron chi connectivity index (χ3n) is 3.95. The Morgan fingerprint density at radius 3 is 2.76 bits per heavy atom. The lowest BCUT2D eigenvalue weighted by Crippen LogP contribution is -2.25. The Bertz CT molecular complexity index is 323. The van der Waals surface area contributed by atoms with Crippen LogP contribution in [-0.2, 0) is 0 Å². The van der Waals surface area contributed by atoms with Crippen molar-refractivity contribution in [2.24, 2.45) is 11.7 Å². The third-order valence-corrected chi connectivity index (χ3v) is 3.95. The van der Waals surface area contributed by atoms with Gasteiger partial charge in [0.1, 0.15) is 0 Å². The molecule has 2 rings (SSSR count). The van der Waals surface area contributed by atoms with Crippen LogP contribution < -0.4 is 5.73 Å². The number of benzene rings is 1. The van der Waals surface area contributed by atoms with Crippen molar-refractivity contribution in [3.05, 3.63) is 35.9 Å². The Kier molecular flexibility index (Phi) is 4.57. The van der Waals surface area contributed by atoms with Crippen LogP contribution in [0.15, 0.2) is 30.3 Å². The molecule has 0 spiro atoms. The van der Waals surface area contributed by atoms with Crippen molar-refractivity contribution >= 4 is 0 Å². The standard InChI is InChI=1S/C15H24N2/c1-13(15-5-3-2-4-6-15)7-9-17-10-8-14(11-16)12-17/h2-6,13-14H,7-12,16H2,1H3. The predicted octanol–water partition coefficient (Wildman–Crippen LogP) is 2.46. The first-order chi connectivity index (χ1) is 8.29. The topological polar surface area (TPSA) is 29.3 Å². The number of hydrogen-bond acceptors (Lipinski definition) is 2. The molecule has 1 aliphatic rings. The highest BCUT2D eigenvalue weighted by molar-refractivity contribution is 5.18. The number of hydrogen-bond donors (Lipinski definition) is 1. The van der Waals surface area contributed by atoms with Crippen molar-refractivity contribution in [2.75, 3.05) is 26.2 Å². The first-order valence-corrected chi connectivity index (χ1v) is 6.77. The lowest BCUT2D eigenvalue weighted by atomic mass is 9.98. The van der Waals surface area contributed by atoms with E-state index in [0.717, 1.165) is 12.5 Å². The third kappa shape index (κ3) is 3.55. The van der Waals surface area contributed by atoms with Gasteiger partial charge in [-0.2, -0.15) is 0 Å². The van der Waals surface area contributed by atoms with E-state index in [1.807, 2.05) is 0 Å². The van der Waals surface area contributed by atoms with E-state index in [1.165, 1.54) is 38.0 Å². The minimum Gasteiger partial charge on any atom is -0.330 e. The van der Waals surface area contributed by atoms with Gasteiger partial charge in [-0.25, -0.2) is 0 Å². The van der Waals surface area contributed by atoms with Crippen LogP contribution in [0.4, 0.5) is 0 Å². The molecule has 0 bridgehead atoms. The maximum atomic E-state index is 5.72. The molecule has 2 N–H and O–H groups in total. The van der Waals surface area contributed by atoms with Gasteiger partial charge in [0.2, 0.25) is 0 Å². The van der Waals surface area contributed by atoms with Crippen molar-refractivity contribution in [1.29, 1.82) is 0 Å². The Hall–Kier alpha value is -0.860. The second-order valence-electron chi connectivity index (χ2n) is 5.29. The summed E-state index contributed by atoms with van der Waals surface area (Å²) in [6.45, 7) is 6.84. The summed E-state index contributed by atoms with van der Waals surface area (Å²) in [5.74, 6) is 1.40. The van der Waals surface area contributed by atoms with Gasteiger partial charge in [-0.3, -0.25) is 0 Å². The molecule has 1 saturated heterocycles. The largest absolute Gasteiger partial charge is 0.330 e. The SMILES string of the molecule is CC(CCN1CCC(CN)C1)c1ccccc1. The first kappa shape index (κ1) is 12.6. The molecule has 94 valence electrons. The van der Waals surface area contributed by atoms with Crippen LogP contribution in [0, 0.1) is 5.92 Å². The molecule has 2 unspecified atom stereocenters. The first-order valence-electron chi connectivity index (χ1n) is 6.77. The molecule has 2 atom stereocenters. The van der Waals surface area contributed by atoms with Crippen LogP contribution in [0.2, 0.25) is 0 Å². The monoisotopic (exact) mass is 232 g/mol.